The van der Waals surface area contributed by atoms with Crippen molar-refractivity contribution in [3.63, 3.8) is 0 Å². The lowest BCUT2D eigenvalue weighted by Gasteiger charge is -2.13. The monoisotopic (exact) mass is 663 g/mol. The molecule has 0 aliphatic carbocycles. The number of hydrogen-bond acceptors (Lipinski definition) is 9. The largest absolute Gasteiger partial charge is 0.460 e. The van der Waals surface area contributed by atoms with Gasteiger partial charge in [0.15, 0.2) is 0 Å². The van der Waals surface area contributed by atoms with Crippen molar-refractivity contribution in [1.29, 1.82) is 0 Å². The first kappa shape index (κ1) is 38.7. The van der Waals surface area contributed by atoms with Crippen LogP contribution in [0.4, 0.5) is 24.5 Å². The Balaban J connectivity index is 1.40. The maximum atomic E-state index is 13.0. The fraction of sp³-hybridized carbons (Fsp3) is 0.594. The Hall–Kier alpha value is -2.45. The normalized spacial score (nSPS) is 11.6. The zero-order valence-corrected chi connectivity index (χ0v) is 26.4. The SMILES string of the molecule is O=C(OCCOCCOCCOCCOCCOCCOCCCCCCCl)c1ccccc1Nc1cccc(C(F)(F)F)c1. The fourth-order valence-corrected chi connectivity index (χ4v) is 4.01. The highest BCUT2D eigenvalue weighted by Crippen LogP contribution is 2.32. The van der Waals surface area contributed by atoms with Gasteiger partial charge in [0.25, 0.3) is 0 Å². The van der Waals surface area contributed by atoms with Crippen LogP contribution in [0.25, 0.3) is 0 Å². The summed E-state index contributed by atoms with van der Waals surface area (Å²) >= 11 is 5.64. The topological polar surface area (TPSA) is 93.7 Å². The summed E-state index contributed by atoms with van der Waals surface area (Å²) in [6.45, 7) is 5.49. The van der Waals surface area contributed by atoms with E-state index in [9.17, 15) is 18.0 Å². The van der Waals surface area contributed by atoms with Crippen LogP contribution in [0, 0.1) is 0 Å². The number of rotatable bonds is 27. The van der Waals surface area contributed by atoms with Gasteiger partial charge in [-0.1, -0.05) is 31.0 Å². The molecule has 2 aromatic carbocycles. The molecule has 0 heterocycles. The van der Waals surface area contributed by atoms with E-state index in [1.165, 1.54) is 18.2 Å². The van der Waals surface area contributed by atoms with Crippen molar-refractivity contribution in [2.75, 3.05) is 97.1 Å². The van der Waals surface area contributed by atoms with Crippen LogP contribution >= 0.6 is 11.6 Å². The molecule has 0 atom stereocenters. The average molecular weight is 664 g/mol. The van der Waals surface area contributed by atoms with Crippen LogP contribution in [0.1, 0.15) is 41.6 Å². The Morgan fingerprint density at radius 2 is 1.13 bits per heavy atom. The summed E-state index contributed by atoms with van der Waals surface area (Å²) < 4.78 is 77.0. The van der Waals surface area contributed by atoms with E-state index in [2.05, 4.69) is 5.32 Å². The van der Waals surface area contributed by atoms with Crippen LogP contribution in [0.5, 0.6) is 0 Å². The summed E-state index contributed by atoms with van der Waals surface area (Å²) in [6, 6.07) is 11.2. The van der Waals surface area contributed by atoms with Gasteiger partial charge in [0.2, 0.25) is 0 Å². The highest BCUT2D eigenvalue weighted by molar-refractivity contribution is 6.17. The van der Waals surface area contributed by atoms with E-state index in [1.807, 2.05) is 0 Å². The Bertz CT molecular complexity index is 1050. The molecular weight excluding hydrogens is 619 g/mol. The minimum atomic E-state index is -4.47. The summed E-state index contributed by atoms with van der Waals surface area (Å²) in [5, 5.41) is 2.86. The van der Waals surface area contributed by atoms with Crippen molar-refractivity contribution in [3.8, 4) is 0 Å². The first-order valence-corrected chi connectivity index (χ1v) is 15.7. The molecule has 9 nitrogen and oxygen atoms in total. The molecule has 0 saturated carbocycles. The van der Waals surface area contributed by atoms with E-state index < -0.39 is 17.7 Å². The third kappa shape index (κ3) is 19.0. The molecule has 2 rings (SSSR count). The molecule has 13 heteroatoms. The molecule has 0 aromatic heterocycles. The number of para-hydroxylation sites is 1. The van der Waals surface area contributed by atoms with Crippen molar-refractivity contribution < 1.29 is 51.1 Å². The molecule has 0 unspecified atom stereocenters. The van der Waals surface area contributed by atoms with Crippen LogP contribution in [0.3, 0.4) is 0 Å². The first-order valence-electron chi connectivity index (χ1n) is 15.1. The van der Waals surface area contributed by atoms with Crippen molar-refractivity contribution in [3.05, 3.63) is 59.7 Å². The van der Waals surface area contributed by atoms with Crippen molar-refractivity contribution in [2.24, 2.45) is 0 Å². The Kier molecular flexibility index (Phi) is 21.3. The average Bonchev–Trinajstić information content (AvgIpc) is 3.03. The van der Waals surface area contributed by atoms with Gasteiger partial charge in [-0.3, -0.25) is 0 Å². The molecule has 0 saturated heterocycles. The number of halogens is 4. The number of esters is 1. The van der Waals surface area contributed by atoms with Crippen molar-refractivity contribution in [1.82, 2.24) is 0 Å². The molecule has 0 fully saturated rings. The summed E-state index contributed by atoms with van der Waals surface area (Å²) in [4.78, 5) is 12.5. The lowest BCUT2D eigenvalue weighted by atomic mass is 10.1. The molecule has 1 N–H and O–H groups in total. The van der Waals surface area contributed by atoms with Gasteiger partial charge in [-0.15, -0.1) is 11.6 Å². The zero-order valence-electron chi connectivity index (χ0n) is 25.6. The number of carbonyl (C=O) groups is 1. The smallest absolute Gasteiger partial charge is 0.416 e. The van der Waals surface area contributed by atoms with Gasteiger partial charge < -0.3 is 38.5 Å². The van der Waals surface area contributed by atoms with Crippen molar-refractivity contribution >= 4 is 28.9 Å². The van der Waals surface area contributed by atoms with Crippen LogP contribution in [-0.2, 0) is 39.3 Å². The van der Waals surface area contributed by atoms with Crippen LogP contribution in [-0.4, -0.2) is 97.7 Å². The number of alkyl halides is 4. The maximum Gasteiger partial charge on any atom is 0.416 e. The van der Waals surface area contributed by atoms with E-state index in [1.54, 1.807) is 18.2 Å². The third-order valence-electron chi connectivity index (χ3n) is 6.11. The molecule has 0 aliphatic rings. The second-order valence-corrected chi connectivity index (χ2v) is 10.0. The van der Waals surface area contributed by atoms with Gasteiger partial charge in [-0.25, -0.2) is 4.79 Å². The zero-order chi connectivity index (χ0) is 32.4. The van der Waals surface area contributed by atoms with Crippen LogP contribution < -0.4 is 5.32 Å². The van der Waals surface area contributed by atoms with Crippen molar-refractivity contribution in [2.45, 2.75) is 31.9 Å². The van der Waals surface area contributed by atoms with Gasteiger partial charge in [0, 0.05) is 18.2 Å². The van der Waals surface area contributed by atoms with Crippen LogP contribution in [0.15, 0.2) is 48.5 Å². The predicted molar refractivity (Wildman–Crippen MR) is 166 cm³/mol. The van der Waals surface area contributed by atoms with Gasteiger partial charge in [-0.2, -0.15) is 13.2 Å². The summed E-state index contributed by atoms with van der Waals surface area (Å²) in [5.41, 5.74) is -0.0676. The molecule has 2 aromatic rings. The number of anilines is 2. The van der Waals surface area contributed by atoms with E-state index >= 15 is 0 Å². The molecule has 0 aliphatic heterocycles. The van der Waals surface area contributed by atoms with E-state index in [0.717, 1.165) is 50.3 Å². The molecule has 254 valence electrons. The number of ether oxygens (including phenoxy) is 7. The molecule has 0 bridgehead atoms. The molecular formula is C32H45ClF3NO8. The second kappa shape index (κ2) is 24.7. The minimum absolute atomic E-state index is 0.00838. The van der Waals surface area contributed by atoms with E-state index in [-0.39, 0.29) is 24.5 Å². The summed E-state index contributed by atoms with van der Waals surface area (Å²) in [6.07, 6.45) is -0.0692. The van der Waals surface area contributed by atoms with Crippen LogP contribution in [0.2, 0.25) is 0 Å². The number of benzene rings is 2. The highest BCUT2D eigenvalue weighted by Gasteiger charge is 2.30. The number of hydrogen-bond donors (Lipinski definition) is 1. The maximum absolute atomic E-state index is 13.0. The standard InChI is InChI=1S/C32H45ClF3NO8/c33-12-5-1-2-6-13-39-14-15-40-16-17-41-18-19-42-20-21-43-22-23-44-24-25-45-31(38)29-10-3-4-11-30(29)37-28-9-7-8-27(26-28)32(34,35)36/h3-4,7-11,26,37H,1-2,5-6,12-25H2. The number of carbonyl (C=O) groups excluding carboxylic acids is 1. The quantitative estimate of drug-likeness (QED) is 0.0653. The molecule has 0 radical (unpaired) electrons. The minimum Gasteiger partial charge on any atom is -0.460 e. The van der Waals surface area contributed by atoms with E-state index in [4.69, 9.17) is 44.8 Å². The fourth-order valence-electron chi connectivity index (χ4n) is 3.82. The lowest BCUT2D eigenvalue weighted by molar-refractivity contribution is -0.137. The number of nitrogens with one attached hydrogen (secondary N) is 1. The molecule has 0 spiro atoms. The summed E-state index contributed by atoms with van der Waals surface area (Å²) in [7, 11) is 0. The third-order valence-corrected chi connectivity index (χ3v) is 6.38. The van der Waals surface area contributed by atoms with Gasteiger partial charge >= 0.3 is 12.1 Å². The predicted octanol–water partition coefficient (Wildman–Crippen LogP) is 6.50. The lowest BCUT2D eigenvalue weighted by Crippen LogP contribution is -2.15. The Morgan fingerprint density at radius 3 is 1.69 bits per heavy atom. The van der Waals surface area contributed by atoms with Gasteiger partial charge in [0.05, 0.1) is 89.5 Å². The van der Waals surface area contributed by atoms with Gasteiger partial charge in [-0.05, 0) is 43.2 Å². The highest BCUT2D eigenvalue weighted by atomic mass is 35.5. The molecule has 0 amide bonds. The van der Waals surface area contributed by atoms with Gasteiger partial charge in [0.1, 0.15) is 6.61 Å². The second-order valence-electron chi connectivity index (χ2n) is 9.66. The Morgan fingerprint density at radius 1 is 0.622 bits per heavy atom. The summed E-state index contributed by atoms with van der Waals surface area (Å²) in [5.74, 6) is 0.102. The number of unbranched alkanes of at least 4 members (excludes halogenated alkanes) is 3. The van der Waals surface area contributed by atoms with E-state index in [0.29, 0.717) is 71.8 Å². The molecule has 45 heavy (non-hydrogen) atoms. The Labute approximate surface area is 268 Å². The first-order chi connectivity index (χ1) is 21.9.